The molecule has 1 heterocycles. The zero-order valence-corrected chi connectivity index (χ0v) is 14.7. The van der Waals surface area contributed by atoms with E-state index in [0.29, 0.717) is 19.6 Å². The molecule has 0 aromatic heterocycles. The van der Waals surface area contributed by atoms with E-state index in [2.05, 4.69) is 10.6 Å². The Kier molecular flexibility index (Phi) is 6.71. The minimum absolute atomic E-state index is 0.0144. The molecule has 0 radical (unpaired) electrons. The van der Waals surface area contributed by atoms with Crippen molar-refractivity contribution in [3.8, 4) is 0 Å². The molecule has 2 rings (SSSR count). The first-order valence-corrected chi connectivity index (χ1v) is 8.48. The molecule has 1 aliphatic heterocycles. The first-order chi connectivity index (χ1) is 12.4. The summed E-state index contributed by atoms with van der Waals surface area (Å²) in [7, 11) is 0. The summed E-state index contributed by atoms with van der Waals surface area (Å²) in [4.78, 5) is 47.9. The van der Waals surface area contributed by atoms with Crippen molar-refractivity contribution in [2.75, 3.05) is 19.6 Å². The van der Waals surface area contributed by atoms with Crippen molar-refractivity contribution in [2.45, 2.75) is 32.2 Å². The van der Waals surface area contributed by atoms with Crippen molar-refractivity contribution < 1.29 is 24.3 Å². The van der Waals surface area contributed by atoms with Crippen LogP contribution in [0, 0.1) is 0 Å². The van der Waals surface area contributed by atoms with Gasteiger partial charge in [0, 0.05) is 45.9 Å². The van der Waals surface area contributed by atoms with Gasteiger partial charge in [0.15, 0.2) is 0 Å². The number of hydrogen-bond acceptors (Lipinski definition) is 4. The predicted molar refractivity (Wildman–Crippen MR) is 93.2 cm³/mol. The molecular weight excluding hydrogens is 338 g/mol. The van der Waals surface area contributed by atoms with Gasteiger partial charge in [0.1, 0.15) is 0 Å². The van der Waals surface area contributed by atoms with E-state index >= 15 is 0 Å². The fraction of sp³-hybridized carbons (Fsp3) is 0.444. The minimum atomic E-state index is -0.967. The average Bonchev–Trinajstić information content (AvgIpc) is 2.62. The Bertz CT molecular complexity index is 704. The van der Waals surface area contributed by atoms with Crippen LogP contribution in [0.5, 0.6) is 0 Å². The fourth-order valence-corrected chi connectivity index (χ4v) is 2.92. The molecule has 26 heavy (non-hydrogen) atoms. The Morgan fingerprint density at radius 1 is 1.12 bits per heavy atom. The smallest absolute Gasteiger partial charge is 0.312 e. The van der Waals surface area contributed by atoms with Crippen LogP contribution in [0.2, 0.25) is 0 Å². The lowest BCUT2D eigenvalue weighted by atomic mass is 9.89. The molecule has 3 amide bonds. The van der Waals surface area contributed by atoms with Crippen molar-refractivity contribution in [1.29, 1.82) is 0 Å². The monoisotopic (exact) mass is 361 g/mol. The molecular formula is C18H23N3O5. The molecule has 0 fully saturated rings. The average molecular weight is 361 g/mol. The van der Waals surface area contributed by atoms with Gasteiger partial charge in [0.25, 0.3) is 0 Å². The number of nitrogens with zero attached hydrogens (tertiary/aromatic N) is 1. The predicted octanol–water partition coefficient (Wildman–Crippen LogP) is 0.230. The second-order valence-electron chi connectivity index (χ2n) is 6.20. The molecule has 1 aromatic carbocycles. The number of aliphatic carboxylic acids is 1. The molecule has 1 aromatic rings. The number of amides is 3. The molecule has 0 aliphatic carbocycles. The summed E-state index contributed by atoms with van der Waals surface area (Å²) in [5.41, 5.74) is 1.55. The Labute approximate surface area is 151 Å². The van der Waals surface area contributed by atoms with Crippen LogP contribution in [-0.4, -0.2) is 53.3 Å². The van der Waals surface area contributed by atoms with Crippen LogP contribution in [0.15, 0.2) is 24.3 Å². The maximum Gasteiger partial charge on any atom is 0.312 e. The number of carboxylic acids is 1. The third kappa shape index (κ3) is 5.30. The van der Waals surface area contributed by atoms with Crippen molar-refractivity contribution >= 4 is 23.7 Å². The van der Waals surface area contributed by atoms with E-state index < -0.39 is 11.9 Å². The number of fused-ring (bicyclic) bond motifs is 1. The Balaban J connectivity index is 1.85. The number of nitrogens with one attached hydrogen (secondary N) is 2. The van der Waals surface area contributed by atoms with Gasteiger partial charge in [-0.1, -0.05) is 24.3 Å². The van der Waals surface area contributed by atoms with E-state index in [0.717, 1.165) is 11.1 Å². The SMILES string of the molecule is CC(=O)NCCNC(=O)CCC(=O)N1Cc2ccccc2C(C(=O)O)C1. The maximum atomic E-state index is 12.4. The maximum absolute atomic E-state index is 12.4. The minimum Gasteiger partial charge on any atom is -0.481 e. The van der Waals surface area contributed by atoms with Gasteiger partial charge in [-0.15, -0.1) is 0 Å². The van der Waals surface area contributed by atoms with Crippen molar-refractivity contribution in [3.63, 3.8) is 0 Å². The standard InChI is InChI=1S/C18H23N3O5/c1-12(22)19-8-9-20-16(23)6-7-17(24)21-10-13-4-2-3-5-14(13)15(11-21)18(25)26/h2-5,15H,6-11H2,1H3,(H,19,22)(H,20,23)(H,25,26). The first-order valence-electron chi connectivity index (χ1n) is 8.48. The van der Waals surface area contributed by atoms with E-state index in [4.69, 9.17) is 0 Å². The zero-order chi connectivity index (χ0) is 19.1. The lowest BCUT2D eigenvalue weighted by molar-refractivity contribution is -0.142. The second-order valence-corrected chi connectivity index (χ2v) is 6.20. The Morgan fingerprint density at radius 2 is 1.81 bits per heavy atom. The van der Waals surface area contributed by atoms with Crippen LogP contribution in [0.25, 0.3) is 0 Å². The molecule has 3 N–H and O–H groups in total. The molecule has 8 nitrogen and oxygen atoms in total. The van der Waals surface area contributed by atoms with Gasteiger partial charge < -0.3 is 20.6 Å². The molecule has 1 unspecified atom stereocenters. The number of carbonyl (C=O) groups is 4. The molecule has 0 saturated heterocycles. The summed E-state index contributed by atoms with van der Waals surface area (Å²) < 4.78 is 0. The summed E-state index contributed by atoms with van der Waals surface area (Å²) in [5.74, 6) is -2.42. The van der Waals surface area contributed by atoms with Crippen LogP contribution in [0.3, 0.4) is 0 Å². The molecule has 8 heteroatoms. The highest BCUT2D eigenvalue weighted by molar-refractivity contribution is 5.85. The van der Waals surface area contributed by atoms with Crippen molar-refractivity contribution in [3.05, 3.63) is 35.4 Å². The number of carboxylic acid groups (broad SMARTS) is 1. The summed E-state index contributed by atoms with van der Waals surface area (Å²) in [6.07, 6.45) is 0.0370. The fourth-order valence-electron chi connectivity index (χ4n) is 2.92. The van der Waals surface area contributed by atoms with E-state index in [1.165, 1.54) is 11.8 Å². The van der Waals surface area contributed by atoms with E-state index in [1.807, 2.05) is 12.1 Å². The summed E-state index contributed by atoms with van der Waals surface area (Å²) in [6.45, 7) is 2.48. The normalized spacial score (nSPS) is 15.7. The third-order valence-electron chi connectivity index (χ3n) is 4.23. The van der Waals surface area contributed by atoms with Gasteiger partial charge in [0.05, 0.1) is 5.92 Å². The molecule has 0 saturated carbocycles. The largest absolute Gasteiger partial charge is 0.481 e. The highest BCUT2D eigenvalue weighted by atomic mass is 16.4. The Hall–Kier alpha value is -2.90. The van der Waals surface area contributed by atoms with Gasteiger partial charge in [-0.05, 0) is 11.1 Å². The molecule has 1 atom stereocenters. The van der Waals surface area contributed by atoms with E-state index in [-0.39, 0.29) is 37.1 Å². The van der Waals surface area contributed by atoms with E-state index in [1.54, 1.807) is 12.1 Å². The number of benzene rings is 1. The van der Waals surface area contributed by atoms with Crippen LogP contribution in [0.4, 0.5) is 0 Å². The lowest BCUT2D eigenvalue weighted by Crippen LogP contribution is -2.41. The van der Waals surface area contributed by atoms with Crippen molar-refractivity contribution in [1.82, 2.24) is 15.5 Å². The lowest BCUT2D eigenvalue weighted by Gasteiger charge is -2.32. The zero-order valence-electron chi connectivity index (χ0n) is 14.7. The van der Waals surface area contributed by atoms with Crippen LogP contribution >= 0.6 is 0 Å². The van der Waals surface area contributed by atoms with Gasteiger partial charge >= 0.3 is 5.97 Å². The van der Waals surface area contributed by atoms with Gasteiger partial charge in [-0.2, -0.15) is 0 Å². The molecule has 0 bridgehead atoms. The van der Waals surface area contributed by atoms with Gasteiger partial charge in [-0.3, -0.25) is 19.2 Å². The van der Waals surface area contributed by atoms with Gasteiger partial charge in [0.2, 0.25) is 17.7 Å². The summed E-state index contributed by atoms with van der Waals surface area (Å²) >= 11 is 0. The first kappa shape index (κ1) is 19.4. The summed E-state index contributed by atoms with van der Waals surface area (Å²) in [6, 6.07) is 7.20. The van der Waals surface area contributed by atoms with Gasteiger partial charge in [-0.25, -0.2) is 0 Å². The number of carbonyl (C=O) groups excluding carboxylic acids is 3. The molecule has 0 spiro atoms. The summed E-state index contributed by atoms with van der Waals surface area (Å²) in [5, 5.41) is 14.6. The van der Waals surface area contributed by atoms with Crippen LogP contribution in [0.1, 0.15) is 36.8 Å². The second kappa shape index (κ2) is 8.98. The highest BCUT2D eigenvalue weighted by Gasteiger charge is 2.32. The van der Waals surface area contributed by atoms with Crippen molar-refractivity contribution in [2.24, 2.45) is 0 Å². The van der Waals surface area contributed by atoms with Crippen LogP contribution < -0.4 is 10.6 Å². The topological polar surface area (TPSA) is 116 Å². The van der Waals surface area contributed by atoms with Crippen LogP contribution in [-0.2, 0) is 25.7 Å². The highest BCUT2D eigenvalue weighted by Crippen LogP contribution is 2.28. The third-order valence-corrected chi connectivity index (χ3v) is 4.23. The number of rotatable bonds is 7. The number of hydrogen-bond donors (Lipinski definition) is 3. The molecule has 1 aliphatic rings. The quantitative estimate of drug-likeness (QED) is 0.601. The molecule has 140 valence electrons. The Morgan fingerprint density at radius 3 is 2.50 bits per heavy atom. The van der Waals surface area contributed by atoms with E-state index in [9.17, 15) is 24.3 Å².